The molecule has 0 radical (unpaired) electrons. The van der Waals surface area contributed by atoms with Crippen LogP contribution < -0.4 is 0 Å². The van der Waals surface area contributed by atoms with Gasteiger partial charge in [-0.25, -0.2) is 0 Å². The molecule has 122 valence electrons. The van der Waals surface area contributed by atoms with E-state index >= 15 is 0 Å². The first kappa shape index (κ1) is 15.8. The number of nitrogens with zero attached hydrogens (tertiary/aromatic N) is 2. The van der Waals surface area contributed by atoms with Gasteiger partial charge in [-0.2, -0.15) is 0 Å². The van der Waals surface area contributed by atoms with E-state index in [1.165, 1.54) is 64.3 Å². The third kappa shape index (κ3) is 3.17. The molecular formula is C19H36N2. The predicted molar refractivity (Wildman–Crippen MR) is 90.3 cm³/mol. The highest BCUT2D eigenvalue weighted by Crippen LogP contribution is 2.42. The Morgan fingerprint density at radius 3 is 2.00 bits per heavy atom. The molecule has 2 aliphatic carbocycles. The van der Waals surface area contributed by atoms with Crippen molar-refractivity contribution in [3.05, 3.63) is 0 Å². The Labute approximate surface area is 132 Å². The Kier molecular flexibility index (Phi) is 4.66. The zero-order valence-electron chi connectivity index (χ0n) is 14.8. The summed E-state index contributed by atoms with van der Waals surface area (Å²) >= 11 is 0. The molecule has 3 atom stereocenters. The zero-order chi connectivity index (χ0) is 15.0. The molecule has 3 rings (SSSR count). The van der Waals surface area contributed by atoms with Crippen LogP contribution >= 0.6 is 0 Å². The van der Waals surface area contributed by atoms with Crippen LogP contribution in [0.2, 0.25) is 0 Å². The lowest BCUT2D eigenvalue weighted by Crippen LogP contribution is -2.49. The van der Waals surface area contributed by atoms with Crippen LogP contribution in [0.3, 0.4) is 0 Å². The van der Waals surface area contributed by atoms with E-state index in [4.69, 9.17) is 0 Å². The number of likely N-dealkylation sites (N-methyl/N-ethyl adjacent to an activating group) is 1. The summed E-state index contributed by atoms with van der Waals surface area (Å²) in [6, 6.07) is 1.67. The lowest BCUT2D eigenvalue weighted by molar-refractivity contribution is 0.0236. The van der Waals surface area contributed by atoms with E-state index in [-0.39, 0.29) is 0 Å². The van der Waals surface area contributed by atoms with Crippen molar-refractivity contribution in [2.75, 3.05) is 13.6 Å². The van der Waals surface area contributed by atoms with Gasteiger partial charge in [0.2, 0.25) is 0 Å². The van der Waals surface area contributed by atoms with E-state index in [1.54, 1.807) is 0 Å². The quantitative estimate of drug-likeness (QED) is 0.739. The van der Waals surface area contributed by atoms with Crippen LogP contribution in [-0.4, -0.2) is 41.6 Å². The normalized spacial score (nSPS) is 36.9. The molecule has 3 aliphatic rings. The van der Waals surface area contributed by atoms with Gasteiger partial charge in [0.05, 0.1) is 6.17 Å². The van der Waals surface area contributed by atoms with Gasteiger partial charge >= 0.3 is 0 Å². The molecule has 3 unspecified atom stereocenters. The maximum absolute atomic E-state index is 2.94. The number of rotatable bonds is 2. The van der Waals surface area contributed by atoms with Gasteiger partial charge in [-0.3, -0.25) is 9.80 Å². The van der Waals surface area contributed by atoms with Crippen LogP contribution in [0.4, 0.5) is 0 Å². The molecule has 0 aromatic carbocycles. The molecule has 2 nitrogen and oxygen atoms in total. The van der Waals surface area contributed by atoms with E-state index in [0.717, 1.165) is 18.0 Å². The summed E-state index contributed by atoms with van der Waals surface area (Å²) in [4.78, 5) is 5.69. The highest BCUT2D eigenvalue weighted by Gasteiger charge is 2.50. The minimum Gasteiger partial charge on any atom is -0.286 e. The Bertz CT molecular complexity index is 340. The van der Waals surface area contributed by atoms with Gasteiger partial charge in [-0.05, 0) is 44.1 Å². The third-order valence-corrected chi connectivity index (χ3v) is 6.31. The molecular weight excluding hydrogens is 256 g/mol. The molecule has 0 amide bonds. The standard InChI is InChI=1S/C19H36N2/c1-19(2,3)18-20(4)16-12-8-9-13-17(16)21(18)14-15-10-6-5-7-11-15/h15-18H,5-14H2,1-4H3. The second kappa shape index (κ2) is 6.20. The number of hydrogen-bond acceptors (Lipinski definition) is 2. The molecule has 0 aromatic heterocycles. The Morgan fingerprint density at radius 2 is 1.38 bits per heavy atom. The SMILES string of the molecule is CN1C2CCCCC2N(CC2CCCCC2)C1C(C)(C)C. The summed E-state index contributed by atoms with van der Waals surface area (Å²) in [5, 5.41) is 0. The summed E-state index contributed by atoms with van der Waals surface area (Å²) < 4.78 is 0. The summed E-state index contributed by atoms with van der Waals surface area (Å²) in [5.74, 6) is 0.970. The highest BCUT2D eigenvalue weighted by atomic mass is 15.5. The largest absolute Gasteiger partial charge is 0.286 e. The topological polar surface area (TPSA) is 6.48 Å². The van der Waals surface area contributed by atoms with Crippen LogP contribution in [-0.2, 0) is 0 Å². The maximum Gasteiger partial charge on any atom is 0.0675 e. The molecule has 1 aliphatic heterocycles. The minimum atomic E-state index is 0.362. The summed E-state index contributed by atoms with van der Waals surface area (Å²) in [5.41, 5.74) is 0.362. The monoisotopic (exact) mass is 292 g/mol. The second-order valence-electron chi connectivity index (χ2n) is 9.03. The summed E-state index contributed by atoms with van der Waals surface area (Å²) in [6.45, 7) is 8.70. The molecule has 2 heteroatoms. The van der Waals surface area contributed by atoms with Crippen molar-refractivity contribution in [1.29, 1.82) is 0 Å². The Morgan fingerprint density at radius 1 is 0.810 bits per heavy atom. The van der Waals surface area contributed by atoms with Gasteiger partial charge in [-0.1, -0.05) is 52.9 Å². The van der Waals surface area contributed by atoms with E-state index in [9.17, 15) is 0 Å². The van der Waals surface area contributed by atoms with Crippen LogP contribution in [0.1, 0.15) is 78.6 Å². The molecule has 0 aromatic rings. The van der Waals surface area contributed by atoms with Crippen molar-refractivity contribution >= 4 is 0 Å². The third-order valence-electron chi connectivity index (χ3n) is 6.31. The van der Waals surface area contributed by atoms with Crippen LogP contribution in [0.15, 0.2) is 0 Å². The molecule has 0 spiro atoms. The van der Waals surface area contributed by atoms with Crippen molar-refractivity contribution in [3.8, 4) is 0 Å². The van der Waals surface area contributed by atoms with Crippen molar-refractivity contribution in [2.45, 2.75) is 96.8 Å². The molecule has 3 fully saturated rings. The first-order valence-corrected chi connectivity index (χ1v) is 9.46. The fourth-order valence-corrected chi connectivity index (χ4v) is 5.56. The predicted octanol–water partition coefficient (Wildman–Crippen LogP) is 4.50. The lowest BCUT2D eigenvalue weighted by atomic mass is 9.85. The van der Waals surface area contributed by atoms with Gasteiger partial charge in [0.15, 0.2) is 0 Å². The second-order valence-corrected chi connectivity index (χ2v) is 9.03. The van der Waals surface area contributed by atoms with Crippen molar-refractivity contribution in [3.63, 3.8) is 0 Å². The highest BCUT2D eigenvalue weighted by molar-refractivity contribution is 5.02. The molecule has 1 saturated heterocycles. The maximum atomic E-state index is 2.94. The Balaban J connectivity index is 1.78. The first-order valence-electron chi connectivity index (χ1n) is 9.46. The van der Waals surface area contributed by atoms with Crippen molar-refractivity contribution in [1.82, 2.24) is 9.80 Å². The number of fused-ring (bicyclic) bond motifs is 1. The molecule has 2 saturated carbocycles. The van der Waals surface area contributed by atoms with Gasteiger partial charge in [0.25, 0.3) is 0 Å². The molecule has 21 heavy (non-hydrogen) atoms. The van der Waals surface area contributed by atoms with E-state index in [2.05, 4.69) is 37.6 Å². The molecule has 1 heterocycles. The van der Waals surface area contributed by atoms with Gasteiger partial charge in [0.1, 0.15) is 0 Å². The average Bonchev–Trinajstić information content (AvgIpc) is 2.73. The first-order chi connectivity index (χ1) is 9.98. The average molecular weight is 293 g/mol. The molecule has 0 bridgehead atoms. The van der Waals surface area contributed by atoms with Gasteiger partial charge in [-0.15, -0.1) is 0 Å². The van der Waals surface area contributed by atoms with E-state index in [1.807, 2.05) is 0 Å². The van der Waals surface area contributed by atoms with E-state index < -0.39 is 0 Å². The minimum absolute atomic E-state index is 0.362. The summed E-state index contributed by atoms with van der Waals surface area (Å²) in [6.07, 6.45) is 13.8. The van der Waals surface area contributed by atoms with E-state index in [0.29, 0.717) is 11.6 Å². The van der Waals surface area contributed by atoms with Crippen molar-refractivity contribution < 1.29 is 0 Å². The zero-order valence-corrected chi connectivity index (χ0v) is 14.8. The van der Waals surface area contributed by atoms with Crippen LogP contribution in [0.5, 0.6) is 0 Å². The molecule has 0 N–H and O–H groups in total. The fraction of sp³-hybridized carbons (Fsp3) is 1.00. The fourth-order valence-electron chi connectivity index (χ4n) is 5.56. The lowest BCUT2D eigenvalue weighted by Gasteiger charge is -2.41. The van der Waals surface area contributed by atoms with Crippen LogP contribution in [0.25, 0.3) is 0 Å². The van der Waals surface area contributed by atoms with Gasteiger partial charge in [0, 0.05) is 18.6 Å². The number of hydrogen-bond donors (Lipinski definition) is 0. The summed E-state index contributed by atoms with van der Waals surface area (Å²) in [7, 11) is 2.40. The smallest absolute Gasteiger partial charge is 0.0675 e. The van der Waals surface area contributed by atoms with Crippen LogP contribution in [0, 0.1) is 11.3 Å². The Hall–Kier alpha value is -0.0800. The van der Waals surface area contributed by atoms with Crippen molar-refractivity contribution in [2.24, 2.45) is 11.3 Å². The van der Waals surface area contributed by atoms with Gasteiger partial charge < -0.3 is 0 Å².